The normalized spacial score (nSPS) is 21.4. The third-order valence-corrected chi connectivity index (χ3v) is 2.74. The van der Waals surface area contributed by atoms with Gasteiger partial charge in [-0.15, -0.1) is 0 Å². The number of H-pyrrole nitrogens is 1. The SMILES string of the molecule is CC1(C)CC(NCc2ccn[nH]2)C1. The van der Waals surface area contributed by atoms with Crippen LogP contribution in [0.3, 0.4) is 0 Å². The van der Waals surface area contributed by atoms with Crippen molar-refractivity contribution >= 4 is 0 Å². The molecule has 2 N–H and O–H groups in total. The van der Waals surface area contributed by atoms with Crippen LogP contribution in [0.2, 0.25) is 0 Å². The van der Waals surface area contributed by atoms with Gasteiger partial charge in [-0.05, 0) is 24.3 Å². The second kappa shape index (κ2) is 3.14. The van der Waals surface area contributed by atoms with Gasteiger partial charge in [-0.3, -0.25) is 5.10 Å². The third kappa shape index (κ3) is 2.10. The molecule has 0 aliphatic heterocycles. The van der Waals surface area contributed by atoms with Crippen LogP contribution in [0.15, 0.2) is 12.3 Å². The minimum Gasteiger partial charge on any atom is -0.308 e. The van der Waals surface area contributed by atoms with Gasteiger partial charge in [-0.25, -0.2) is 0 Å². The Kier molecular flexibility index (Phi) is 2.12. The summed E-state index contributed by atoms with van der Waals surface area (Å²) in [4.78, 5) is 0. The number of hydrogen-bond acceptors (Lipinski definition) is 2. The van der Waals surface area contributed by atoms with E-state index in [1.54, 1.807) is 6.20 Å². The number of nitrogens with one attached hydrogen (secondary N) is 2. The molecule has 0 saturated heterocycles. The highest BCUT2D eigenvalue weighted by Gasteiger charge is 2.35. The van der Waals surface area contributed by atoms with Crippen molar-refractivity contribution < 1.29 is 0 Å². The Labute approximate surface area is 78.9 Å². The van der Waals surface area contributed by atoms with Crippen molar-refractivity contribution in [2.75, 3.05) is 0 Å². The lowest BCUT2D eigenvalue weighted by molar-refractivity contribution is 0.125. The molecule has 0 amide bonds. The summed E-state index contributed by atoms with van der Waals surface area (Å²) in [6, 6.07) is 2.72. The van der Waals surface area contributed by atoms with Gasteiger partial charge < -0.3 is 5.32 Å². The Morgan fingerprint density at radius 2 is 2.38 bits per heavy atom. The topological polar surface area (TPSA) is 40.7 Å². The lowest BCUT2D eigenvalue weighted by Gasteiger charge is -2.43. The van der Waals surface area contributed by atoms with E-state index in [0.717, 1.165) is 6.54 Å². The van der Waals surface area contributed by atoms with Crippen LogP contribution in [0.4, 0.5) is 0 Å². The second-order valence-electron chi connectivity index (χ2n) is 4.73. The molecule has 3 nitrogen and oxygen atoms in total. The van der Waals surface area contributed by atoms with Gasteiger partial charge >= 0.3 is 0 Å². The summed E-state index contributed by atoms with van der Waals surface area (Å²) in [7, 11) is 0. The molecule has 1 aromatic rings. The zero-order valence-corrected chi connectivity index (χ0v) is 8.30. The van der Waals surface area contributed by atoms with Gasteiger partial charge in [-0.2, -0.15) is 5.10 Å². The minimum atomic E-state index is 0.561. The summed E-state index contributed by atoms with van der Waals surface area (Å²) in [6.45, 7) is 5.56. The molecule has 0 spiro atoms. The molecule has 1 saturated carbocycles. The highest BCUT2D eigenvalue weighted by atomic mass is 15.1. The standard InChI is InChI=1S/C10H17N3/c1-10(2)5-9(6-10)11-7-8-3-4-12-13-8/h3-4,9,11H,5-7H2,1-2H3,(H,12,13). The van der Waals surface area contributed by atoms with Crippen LogP contribution in [-0.4, -0.2) is 16.2 Å². The highest BCUT2D eigenvalue weighted by molar-refractivity contribution is 4.99. The summed E-state index contributed by atoms with van der Waals surface area (Å²) < 4.78 is 0. The smallest absolute Gasteiger partial charge is 0.0490 e. The predicted octanol–water partition coefficient (Wildman–Crippen LogP) is 1.69. The van der Waals surface area contributed by atoms with E-state index in [4.69, 9.17) is 0 Å². The lowest BCUT2D eigenvalue weighted by atomic mass is 9.68. The van der Waals surface area contributed by atoms with Gasteiger partial charge in [0.15, 0.2) is 0 Å². The van der Waals surface area contributed by atoms with E-state index >= 15 is 0 Å². The van der Waals surface area contributed by atoms with Crippen LogP contribution in [0.1, 0.15) is 32.4 Å². The molecule has 72 valence electrons. The van der Waals surface area contributed by atoms with Crippen molar-refractivity contribution in [2.45, 2.75) is 39.3 Å². The van der Waals surface area contributed by atoms with Gasteiger partial charge in [0.05, 0.1) is 0 Å². The Balaban J connectivity index is 1.71. The van der Waals surface area contributed by atoms with E-state index in [-0.39, 0.29) is 0 Å². The Morgan fingerprint density at radius 3 is 2.92 bits per heavy atom. The molecule has 2 rings (SSSR count). The predicted molar refractivity (Wildman–Crippen MR) is 52.2 cm³/mol. The van der Waals surface area contributed by atoms with E-state index < -0.39 is 0 Å². The molecule has 1 aliphatic carbocycles. The quantitative estimate of drug-likeness (QED) is 0.741. The fourth-order valence-electron chi connectivity index (χ4n) is 2.06. The first-order valence-electron chi connectivity index (χ1n) is 4.87. The molecule has 1 aromatic heterocycles. The Bertz CT molecular complexity index is 256. The number of aromatic nitrogens is 2. The second-order valence-corrected chi connectivity index (χ2v) is 4.73. The van der Waals surface area contributed by atoms with Crippen LogP contribution in [0.25, 0.3) is 0 Å². The van der Waals surface area contributed by atoms with Crippen molar-refractivity contribution in [3.8, 4) is 0 Å². The molecular formula is C10H17N3. The first-order valence-corrected chi connectivity index (χ1v) is 4.87. The maximum absolute atomic E-state index is 3.91. The summed E-state index contributed by atoms with van der Waals surface area (Å²) >= 11 is 0. The molecule has 0 atom stereocenters. The van der Waals surface area contributed by atoms with Crippen LogP contribution >= 0.6 is 0 Å². The van der Waals surface area contributed by atoms with Gasteiger partial charge in [0.2, 0.25) is 0 Å². The van der Waals surface area contributed by atoms with E-state index in [2.05, 4.69) is 29.4 Å². The average molecular weight is 179 g/mol. The van der Waals surface area contributed by atoms with E-state index in [1.165, 1.54) is 18.5 Å². The third-order valence-electron chi connectivity index (χ3n) is 2.74. The van der Waals surface area contributed by atoms with E-state index in [9.17, 15) is 0 Å². The van der Waals surface area contributed by atoms with Crippen molar-refractivity contribution in [1.82, 2.24) is 15.5 Å². The summed E-state index contributed by atoms with van der Waals surface area (Å²) in [6.07, 6.45) is 4.38. The van der Waals surface area contributed by atoms with Gasteiger partial charge in [0.25, 0.3) is 0 Å². The lowest BCUT2D eigenvalue weighted by Crippen LogP contribution is -2.45. The van der Waals surface area contributed by atoms with E-state index in [1.807, 2.05) is 6.07 Å². The van der Waals surface area contributed by atoms with Crippen molar-refractivity contribution in [3.63, 3.8) is 0 Å². The fraction of sp³-hybridized carbons (Fsp3) is 0.700. The number of hydrogen-bond donors (Lipinski definition) is 2. The minimum absolute atomic E-state index is 0.561. The zero-order chi connectivity index (χ0) is 9.31. The van der Waals surface area contributed by atoms with Gasteiger partial charge in [-0.1, -0.05) is 13.8 Å². The highest BCUT2D eigenvalue weighted by Crippen LogP contribution is 2.39. The maximum atomic E-state index is 3.91. The summed E-state index contributed by atoms with van der Waals surface area (Å²) in [5, 5.41) is 10.4. The van der Waals surface area contributed by atoms with Crippen LogP contribution in [-0.2, 0) is 6.54 Å². The first-order chi connectivity index (χ1) is 6.16. The molecule has 1 aliphatic rings. The Hall–Kier alpha value is -0.830. The molecule has 0 unspecified atom stereocenters. The van der Waals surface area contributed by atoms with Crippen molar-refractivity contribution in [3.05, 3.63) is 18.0 Å². The van der Waals surface area contributed by atoms with Crippen LogP contribution in [0, 0.1) is 5.41 Å². The Morgan fingerprint density at radius 1 is 1.62 bits per heavy atom. The van der Waals surface area contributed by atoms with Crippen LogP contribution in [0.5, 0.6) is 0 Å². The molecule has 0 radical (unpaired) electrons. The molecule has 3 heteroatoms. The number of aromatic amines is 1. The van der Waals surface area contributed by atoms with Gasteiger partial charge in [0, 0.05) is 24.5 Å². The molecule has 13 heavy (non-hydrogen) atoms. The molecule has 1 heterocycles. The monoisotopic (exact) mass is 179 g/mol. The fourth-order valence-corrected chi connectivity index (χ4v) is 2.06. The average Bonchev–Trinajstić information content (AvgIpc) is 2.48. The van der Waals surface area contributed by atoms with E-state index in [0.29, 0.717) is 11.5 Å². The number of rotatable bonds is 3. The molecule has 0 bridgehead atoms. The van der Waals surface area contributed by atoms with Crippen molar-refractivity contribution in [2.24, 2.45) is 5.41 Å². The van der Waals surface area contributed by atoms with Crippen molar-refractivity contribution in [1.29, 1.82) is 0 Å². The maximum Gasteiger partial charge on any atom is 0.0490 e. The number of nitrogens with zero attached hydrogens (tertiary/aromatic N) is 1. The molecule has 1 fully saturated rings. The summed E-state index contributed by atoms with van der Waals surface area (Å²) in [5.74, 6) is 0. The van der Waals surface area contributed by atoms with Crippen LogP contribution < -0.4 is 5.32 Å². The summed E-state index contributed by atoms with van der Waals surface area (Å²) in [5.41, 5.74) is 1.73. The molecular weight excluding hydrogens is 162 g/mol. The first kappa shape index (κ1) is 8.75. The van der Waals surface area contributed by atoms with Gasteiger partial charge in [0.1, 0.15) is 0 Å². The molecule has 0 aromatic carbocycles. The largest absolute Gasteiger partial charge is 0.308 e. The zero-order valence-electron chi connectivity index (χ0n) is 8.30.